The number of hydrogen-bond donors (Lipinski definition) is 2. The zero-order valence-corrected chi connectivity index (χ0v) is 15.7. The molecule has 0 unspecified atom stereocenters. The van der Waals surface area contributed by atoms with E-state index in [0.29, 0.717) is 0 Å². The van der Waals surface area contributed by atoms with Crippen LogP contribution in [0.4, 0.5) is 0 Å². The molecule has 1 aromatic heterocycles. The van der Waals surface area contributed by atoms with Crippen molar-refractivity contribution >= 4 is 23.7 Å². The SMILES string of the molecule is Cc1cc(C)nc(SCC[NH+]2CCCCC2)n1.O=C([O-])CCC(=O)O. The summed E-state index contributed by atoms with van der Waals surface area (Å²) in [7, 11) is 0. The van der Waals surface area contributed by atoms with Crippen LogP contribution in [0.5, 0.6) is 0 Å². The molecule has 7 nitrogen and oxygen atoms in total. The number of carboxylic acid groups (broad SMARTS) is 2. The molecule has 140 valence electrons. The number of carbonyl (C=O) groups is 2. The number of piperidine rings is 1. The maximum Gasteiger partial charge on any atom is 0.303 e. The molecule has 1 saturated heterocycles. The van der Waals surface area contributed by atoms with Gasteiger partial charge < -0.3 is 19.9 Å². The summed E-state index contributed by atoms with van der Waals surface area (Å²) < 4.78 is 0. The van der Waals surface area contributed by atoms with Gasteiger partial charge in [0.25, 0.3) is 0 Å². The summed E-state index contributed by atoms with van der Waals surface area (Å²) in [6, 6.07) is 2.03. The minimum atomic E-state index is -1.33. The Morgan fingerprint density at radius 2 is 1.76 bits per heavy atom. The Morgan fingerprint density at radius 3 is 2.24 bits per heavy atom. The Balaban J connectivity index is 0.000000333. The fourth-order valence-electron chi connectivity index (χ4n) is 2.56. The molecule has 0 saturated carbocycles. The van der Waals surface area contributed by atoms with Crippen LogP contribution in [0, 0.1) is 13.8 Å². The molecule has 0 amide bonds. The number of rotatable bonds is 7. The third-order valence-corrected chi connectivity index (χ3v) is 4.60. The number of hydrogen-bond acceptors (Lipinski definition) is 6. The van der Waals surface area contributed by atoms with Gasteiger partial charge >= 0.3 is 5.97 Å². The van der Waals surface area contributed by atoms with E-state index >= 15 is 0 Å². The molecule has 25 heavy (non-hydrogen) atoms. The number of aliphatic carboxylic acids is 2. The molecular formula is C17H27N3O4S. The van der Waals surface area contributed by atoms with Crippen molar-refractivity contribution in [2.24, 2.45) is 0 Å². The van der Waals surface area contributed by atoms with Crippen LogP contribution < -0.4 is 10.0 Å². The van der Waals surface area contributed by atoms with Gasteiger partial charge in [0.2, 0.25) is 0 Å². The molecule has 2 heterocycles. The van der Waals surface area contributed by atoms with E-state index in [1.165, 1.54) is 38.9 Å². The number of carbonyl (C=O) groups excluding carboxylic acids is 1. The Labute approximate surface area is 152 Å². The summed E-state index contributed by atoms with van der Waals surface area (Å²) in [5.74, 6) is -1.31. The summed E-state index contributed by atoms with van der Waals surface area (Å²) in [5.41, 5.74) is 2.15. The van der Waals surface area contributed by atoms with Crippen molar-refractivity contribution in [3.63, 3.8) is 0 Å². The standard InChI is InChI=1S/C13H21N3S.C4H6O4/c1-11-10-12(2)15-13(14-11)17-9-8-16-6-4-3-5-7-16;5-3(6)1-2-4(7)8/h10H,3-9H2,1-2H3;1-2H2,(H,5,6)(H,7,8). The third kappa shape index (κ3) is 10.7. The molecule has 1 aromatic rings. The van der Waals surface area contributed by atoms with E-state index in [-0.39, 0.29) is 6.42 Å². The van der Waals surface area contributed by atoms with Crippen LogP contribution in [0.2, 0.25) is 0 Å². The van der Waals surface area contributed by atoms with E-state index in [0.717, 1.165) is 22.3 Å². The van der Waals surface area contributed by atoms with Crippen LogP contribution in [0.25, 0.3) is 0 Å². The first-order valence-electron chi connectivity index (χ1n) is 8.57. The molecule has 0 aromatic carbocycles. The molecule has 8 heteroatoms. The van der Waals surface area contributed by atoms with Crippen LogP contribution in [0.15, 0.2) is 11.2 Å². The molecule has 1 fully saturated rings. The maximum atomic E-state index is 9.61. The van der Waals surface area contributed by atoms with Crippen molar-refractivity contribution in [1.82, 2.24) is 9.97 Å². The predicted molar refractivity (Wildman–Crippen MR) is 93.5 cm³/mol. The van der Waals surface area contributed by atoms with Gasteiger partial charge in [0, 0.05) is 17.4 Å². The van der Waals surface area contributed by atoms with Gasteiger partial charge in [-0.05, 0) is 45.6 Å². The van der Waals surface area contributed by atoms with E-state index in [9.17, 15) is 14.7 Å². The van der Waals surface area contributed by atoms with Gasteiger partial charge in [-0.2, -0.15) is 0 Å². The zero-order valence-electron chi connectivity index (χ0n) is 14.9. The van der Waals surface area contributed by atoms with Crippen LogP contribution in [0.1, 0.15) is 43.5 Å². The van der Waals surface area contributed by atoms with E-state index in [1.54, 1.807) is 16.7 Å². The lowest BCUT2D eigenvalue weighted by atomic mass is 10.1. The monoisotopic (exact) mass is 369 g/mol. The lowest BCUT2D eigenvalue weighted by Crippen LogP contribution is -3.13. The minimum absolute atomic E-state index is 0.359. The lowest BCUT2D eigenvalue weighted by Gasteiger charge is -2.23. The van der Waals surface area contributed by atoms with Crippen LogP contribution in [-0.2, 0) is 9.59 Å². The fourth-order valence-corrected chi connectivity index (χ4v) is 3.55. The first-order chi connectivity index (χ1) is 11.9. The molecule has 1 aliphatic heterocycles. The van der Waals surface area contributed by atoms with Crippen LogP contribution in [-0.4, -0.2) is 52.4 Å². The number of thioether (sulfide) groups is 1. The quantitative estimate of drug-likeness (QED) is 0.508. The van der Waals surface area contributed by atoms with Gasteiger partial charge in [-0.15, -0.1) is 0 Å². The highest BCUT2D eigenvalue weighted by atomic mass is 32.2. The van der Waals surface area contributed by atoms with E-state index in [2.05, 4.69) is 9.97 Å². The topological polar surface area (TPSA) is 108 Å². The summed E-state index contributed by atoms with van der Waals surface area (Å²) >= 11 is 1.80. The predicted octanol–water partition coefficient (Wildman–Crippen LogP) is -0.145. The smallest absolute Gasteiger partial charge is 0.303 e. The summed E-state index contributed by atoms with van der Waals surface area (Å²) in [6.07, 6.45) is 3.47. The number of nitrogens with zero attached hydrogens (tertiary/aromatic N) is 2. The highest BCUT2D eigenvalue weighted by molar-refractivity contribution is 7.99. The average molecular weight is 369 g/mol. The molecule has 0 radical (unpaired) electrons. The first-order valence-corrected chi connectivity index (χ1v) is 9.55. The van der Waals surface area contributed by atoms with E-state index < -0.39 is 18.4 Å². The molecule has 0 aliphatic carbocycles. The second kappa shape index (κ2) is 11.8. The lowest BCUT2D eigenvalue weighted by molar-refractivity contribution is -0.902. The summed E-state index contributed by atoms with van der Waals surface area (Å²) in [4.78, 5) is 29.8. The largest absolute Gasteiger partial charge is 0.550 e. The highest BCUT2D eigenvalue weighted by Crippen LogP contribution is 2.12. The molecule has 0 atom stereocenters. The second-order valence-corrected chi connectivity index (χ2v) is 7.17. The van der Waals surface area contributed by atoms with Crippen molar-refractivity contribution in [2.45, 2.75) is 51.1 Å². The number of quaternary nitrogens is 1. The number of nitrogens with one attached hydrogen (secondary N) is 1. The van der Waals surface area contributed by atoms with Crippen LogP contribution in [0.3, 0.4) is 0 Å². The highest BCUT2D eigenvalue weighted by Gasteiger charge is 2.13. The number of aromatic nitrogens is 2. The molecule has 0 bridgehead atoms. The minimum Gasteiger partial charge on any atom is -0.550 e. The van der Waals surface area contributed by atoms with E-state index in [1.807, 2.05) is 19.9 Å². The van der Waals surface area contributed by atoms with Gasteiger partial charge in [0.1, 0.15) is 0 Å². The van der Waals surface area contributed by atoms with Crippen molar-refractivity contribution < 1.29 is 24.7 Å². The summed E-state index contributed by atoms with van der Waals surface area (Å²) in [5, 5.41) is 18.3. The van der Waals surface area contributed by atoms with Crippen molar-refractivity contribution in [3.05, 3.63) is 17.5 Å². The van der Waals surface area contributed by atoms with Crippen molar-refractivity contribution in [3.8, 4) is 0 Å². The van der Waals surface area contributed by atoms with Gasteiger partial charge in [-0.25, -0.2) is 9.97 Å². The maximum absolute atomic E-state index is 9.61. The van der Waals surface area contributed by atoms with Gasteiger partial charge in [-0.3, -0.25) is 4.79 Å². The Bertz CT molecular complexity index is 529. The Hall–Kier alpha value is -1.67. The normalized spacial score (nSPS) is 14.5. The number of carboxylic acids is 2. The molecule has 0 spiro atoms. The Morgan fingerprint density at radius 1 is 1.16 bits per heavy atom. The van der Waals surface area contributed by atoms with Crippen molar-refractivity contribution in [1.29, 1.82) is 0 Å². The third-order valence-electron chi connectivity index (χ3n) is 3.75. The molecule has 2 N–H and O–H groups in total. The van der Waals surface area contributed by atoms with Crippen molar-refractivity contribution in [2.75, 3.05) is 25.4 Å². The first kappa shape index (κ1) is 21.4. The number of likely N-dealkylation sites (tertiary alicyclic amines) is 1. The molecular weight excluding hydrogens is 342 g/mol. The van der Waals surface area contributed by atoms with E-state index in [4.69, 9.17) is 5.11 Å². The van der Waals surface area contributed by atoms with Gasteiger partial charge in [0.05, 0.1) is 31.8 Å². The average Bonchev–Trinajstić information content (AvgIpc) is 2.54. The number of aryl methyl sites for hydroxylation is 2. The van der Waals surface area contributed by atoms with Gasteiger partial charge in [-0.1, -0.05) is 11.8 Å². The Kier molecular flexibility index (Phi) is 10.1. The zero-order chi connectivity index (χ0) is 18.7. The van der Waals surface area contributed by atoms with Gasteiger partial charge in [0.15, 0.2) is 5.16 Å². The second-order valence-electron chi connectivity index (χ2n) is 6.11. The molecule has 1 aliphatic rings. The van der Waals surface area contributed by atoms with Crippen LogP contribution >= 0.6 is 11.8 Å². The molecule has 2 rings (SSSR count). The summed E-state index contributed by atoms with van der Waals surface area (Å²) in [6.45, 7) is 8.03. The fraction of sp³-hybridized carbons (Fsp3) is 0.647.